The molecule has 0 radical (unpaired) electrons. The molecule has 0 aliphatic carbocycles. The Kier molecular flexibility index (Phi) is 4.91. The molecule has 0 saturated heterocycles. The van der Waals surface area contributed by atoms with Gasteiger partial charge in [0, 0.05) is 27.5 Å². The first-order valence-corrected chi connectivity index (χ1v) is 13.9. The van der Waals surface area contributed by atoms with Crippen molar-refractivity contribution >= 4 is 21.9 Å². The van der Waals surface area contributed by atoms with E-state index in [4.69, 9.17) is 26.2 Å². The summed E-state index contributed by atoms with van der Waals surface area (Å²) >= 11 is 0. The van der Waals surface area contributed by atoms with E-state index in [2.05, 4.69) is 24.3 Å². The molecule has 43 heavy (non-hydrogen) atoms. The molecule has 8 rings (SSSR count). The normalized spacial score (nSPS) is 12.9. The summed E-state index contributed by atoms with van der Waals surface area (Å²) in [4.78, 5) is 14.8. The zero-order valence-electron chi connectivity index (χ0n) is 27.8. The second-order valence-electron chi connectivity index (χ2n) is 10.1. The molecule has 0 amide bonds. The van der Waals surface area contributed by atoms with Crippen LogP contribution < -0.4 is 0 Å². The van der Waals surface area contributed by atoms with Crippen molar-refractivity contribution in [1.82, 2.24) is 15.0 Å². The van der Waals surface area contributed by atoms with Gasteiger partial charge in [-0.3, -0.25) is 0 Å². The van der Waals surface area contributed by atoms with Crippen molar-refractivity contribution in [1.29, 1.82) is 0 Å². The molecule has 0 bridgehead atoms. The largest absolute Gasteiger partial charge is 0.456 e. The van der Waals surface area contributed by atoms with Gasteiger partial charge < -0.3 is 4.42 Å². The Morgan fingerprint density at radius 3 is 1.74 bits per heavy atom. The lowest BCUT2D eigenvalue weighted by Gasteiger charge is -2.10. The molecule has 0 aliphatic rings. The Bertz CT molecular complexity index is 2470. The van der Waals surface area contributed by atoms with E-state index in [0.29, 0.717) is 28.6 Å². The molecule has 4 nitrogen and oxygen atoms in total. The molecule has 2 heterocycles. The van der Waals surface area contributed by atoms with Gasteiger partial charge in [0.25, 0.3) is 0 Å². The number of aromatic nitrogens is 3. The zero-order valence-corrected chi connectivity index (χ0v) is 22.8. The van der Waals surface area contributed by atoms with Crippen molar-refractivity contribution in [2.75, 3.05) is 0 Å². The lowest BCUT2D eigenvalue weighted by molar-refractivity contribution is 0.669. The number of fused-ring (bicyclic) bond motifs is 3. The Morgan fingerprint density at radius 1 is 0.442 bits per heavy atom. The minimum Gasteiger partial charge on any atom is -0.456 e. The van der Waals surface area contributed by atoms with Gasteiger partial charge in [-0.05, 0) is 40.5 Å². The molecule has 8 aromatic rings. The Morgan fingerprint density at radius 2 is 1.02 bits per heavy atom. The molecule has 0 N–H and O–H groups in total. The molecule has 0 aliphatic heterocycles. The highest BCUT2D eigenvalue weighted by Gasteiger charge is 2.18. The predicted octanol–water partition coefficient (Wildman–Crippen LogP) is 10.1. The smallest absolute Gasteiger partial charge is 0.164 e. The van der Waals surface area contributed by atoms with E-state index >= 15 is 0 Å². The average molecular weight is 557 g/mol. The van der Waals surface area contributed by atoms with E-state index in [0.717, 1.165) is 44.2 Å². The van der Waals surface area contributed by atoms with Gasteiger partial charge in [-0.15, -0.1) is 0 Å². The summed E-state index contributed by atoms with van der Waals surface area (Å²) in [7, 11) is 0. The monoisotopic (exact) mass is 556 g/mol. The fourth-order valence-electron chi connectivity index (χ4n) is 5.35. The summed E-state index contributed by atoms with van der Waals surface area (Å²) in [6.45, 7) is 0. The second-order valence-corrected chi connectivity index (χ2v) is 10.1. The van der Waals surface area contributed by atoms with Crippen molar-refractivity contribution in [2.24, 2.45) is 0 Å². The van der Waals surface area contributed by atoms with Crippen LogP contribution in [0.25, 0.3) is 78.4 Å². The number of furan rings is 1. The molecule has 0 fully saturated rings. The number of benzene rings is 6. The van der Waals surface area contributed by atoms with Gasteiger partial charge in [0.15, 0.2) is 17.5 Å². The molecule has 0 spiro atoms. The molecule has 0 atom stereocenters. The van der Waals surface area contributed by atoms with Gasteiger partial charge in [-0.2, -0.15) is 0 Å². The third-order valence-electron chi connectivity index (χ3n) is 7.44. The fourth-order valence-corrected chi connectivity index (χ4v) is 5.35. The maximum atomic E-state index is 8.40. The fraction of sp³-hybridized carbons (Fsp3) is 0. The van der Waals surface area contributed by atoms with E-state index in [-0.39, 0.29) is 29.7 Å². The van der Waals surface area contributed by atoms with Crippen LogP contribution in [0.2, 0.25) is 0 Å². The molecular weight excluding hydrogens is 526 g/mol. The highest BCUT2D eigenvalue weighted by molar-refractivity contribution is 6.12. The van der Waals surface area contributed by atoms with Crippen LogP contribution in [-0.4, -0.2) is 15.0 Å². The van der Waals surface area contributed by atoms with Crippen LogP contribution in [-0.2, 0) is 0 Å². The van der Waals surface area contributed by atoms with Crippen LogP contribution in [0, 0.1) is 0 Å². The Labute approximate surface area is 256 Å². The second kappa shape index (κ2) is 10.5. The summed E-state index contributed by atoms with van der Waals surface area (Å²) in [5.41, 5.74) is 6.61. The molecule has 4 heteroatoms. The van der Waals surface area contributed by atoms with E-state index in [1.54, 1.807) is 24.3 Å². The van der Waals surface area contributed by atoms with Crippen LogP contribution in [0.3, 0.4) is 0 Å². The SMILES string of the molecule is [2H]c1c([2H])c([2H])c(-c2ccc(-c3nc(-c4ccccc4)nc(-c4cccc5oc6ccc(-c7ccccc7)cc6c45)n3)cc2)c([2H])c1[2H]. The van der Waals surface area contributed by atoms with E-state index in [9.17, 15) is 0 Å². The predicted molar refractivity (Wildman–Crippen MR) is 174 cm³/mol. The first kappa shape index (κ1) is 20.1. The minimum absolute atomic E-state index is 0.141. The summed E-state index contributed by atoms with van der Waals surface area (Å²) in [5.74, 6) is 1.41. The quantitative estimate of drug-likeness (QED) is 0.212. The van der Waals surface area contributed by atoms with Crippen molar-refractivity contribution in [3.8, 4) is 56.4 Å². The molecule has 0 unspecified atom stereocenters. The van der Waals surface area contributed by atoms with Crippen LogP contribution in [0.5, 0.6) is 0 Å². The first-order chi connectivity index (χ1) is 23.4. The number of rotatable bonds is 5. The van der Waals surface area contributed by atoms with Crippen LogP contribution in [0.15, 0.2) is 156 Å². The third kappa shape index (κ3) is 4.65. The van der Waals surface area contributed by atoms with Gasteiger partial charge in [0.1, 0.15) is 11.2 Å². The third-order valence-corrected chi connectivity index (χ3v) is 7.44. The number of hydrogen-bond acceptors (Lipinski definition) is 4. The zero-order chi connectivity index (χ0) is 32.9. The van der Waals surface area contributed by atoms with Gasteiger partial charge in [-0.25, -0.2) is 15.0 Å². The van der Waals surface area contributed by atoms with E-state index in [1.165, 1.54) is 0 Å². The van der Waals surface area contributed by atoms with Gasteiger partial charge in [0.2, 0.25) is 0 Å². The van der Waals surface area contributed by atoms with Crippen LogP contribution >= 0.6 is 0 Å². The van der Waals surface area contributed by atoms with Crippen LogP contribution in [0.4, 0.5) is 0 Å². The van der Waals surface area contributed by atoms with Gasteiger partial charge >= 0.3 is 0 Å². The van der Waals surface area contributed by atoms with Crippen molar-refractivity contribution < 1.29 is 11.3 Å². The van der Waals surface area contributed by atoms with Crippen LogP contribution in [0.1, 0.15) is 6.85 Å². The summed E-state index contributed by atoms with van der Waals surface area (Å²) in [6.07, 6.45) is 0. The average Bonchev–Trinajstić information content (AvgIpc) is 3.52. The van der Waals surface area contributed by atoms with Crippen molar-refractivity contribution in [3.05, 3.63) is 152 Å². The maximum Gasteiger partial charge on any atom is 0.164 e. The topological polar surface area (TPSA) is 51.8 Å². The molecule has 202 valence electrons. The van der Waals surface area contributed by atoms with Crippen molar-refractivity contribution in [2.45, 2.75) is 0 Å². The highest BCUT2D eigenvalue weighted by atomic mass is 16.3. The van der Waals surface area contributed by atoms with Crippen molar-refractivity contribution in [3.63, 3.8) is 0 Å². The minimum atomic E-state index is -0.423. The Balaban J connectivity index is 1.30. The summed E-state index contributed by atoms with van der Waals surface area (Å²) < 4.78 is 47.2. The summed E-state index contributed by atoms with van der Waals surface area (Å²) in [5, 5.41) is 1.85. The van der Waals surface area contributed by atoms with E-state index in [1.807, 2.05) is 72.8 Å². The first-order valence-electron chi connectivity index (χ1n) is 16.4. The van der Waals surface area contributed by atoms with Gasteiger partial charge in [-0.1, -0.05) is 133 Å². The Hall–Kier alpha value is -5.87. The molecular formula is C39H25N3O. The number of hydrogen-bond donors (Lipinski definition) is 0. The molecule has 0 saturated carbocycles. The van der Waals surface area contributed by atoms with E-state index < -0.39 is 6.04 Å². The lowest BCUT2D eigenvalue weighted by Crippen LogP contribution is -2.00. The lowest BCUT2D eigenvalue weighted by atomic mass is 10.0. The van der Waals surface area contributed by atoms with Gasteiger partial charge in [0.05, 0.1) is 6.85 Å². The highest BCUT2D eigenvalue weighted by Crippen LogP contribution is 2.38. The standard InChI is InChI=1S/C39H25N3O/c1-4-11-26(12-5-1)28-19-21-30(22-20-28)38-40-37(29-15-8-3-9-16-29)41-39(42-38)32-17-10-18-35-36(32)33-25-31(23-24-34(33)43-35)27-13-6-2-7-14-27/h1-25H/i1D,4D,5D,11D,12D. The number of nitrogens with zero attached hydrogens (tertiary/aromatic N) is 3. The maximum absolute atomic E-state index is 8.40. The molecule has 2 aromatic heterocycles. The molecule has 6 aromatic carbocycles. The summed E-state index contributed by atoms with van der Waals surface area (Å²) in [6, 6.07) is 37.3.